The second-order valence-electron chi connectivity index (χ2n) is 8.26. The molecule has 0 heterocycles. The van der Waals surface area contributed by atoms with Crippen LogP contribution >= 0.6 is 0 Å². The lowest BCUT2D eigenvalue weighted by molar-refractivity contribution is 0.510. The Morgan fingerprint density at radius 2 is 1.06 bits per heavy atom. The smallest absolute Gasteiger partial charge is 0.167 e. The number of benzene rings is 4. The van der Waals surface area contributed by atoms with E-state index in [1.54, 1.807) is 6.07 Å². The summed E-state index contributed by atoms with van der Waals surface area (Å²) >= 11 is 0. The average Bonchev–Trinajstić information content (AvgIpc) is 2.82. The van der Waals surface area contributed by atoms with Crippen LogP contribution in [0.4, 0.5) is 22.0 Å². The maximum absolute atomic E-state index is 15.1. The van der Waals surface area contributed by atoms with E-state index in [9.17, 15) is 17.6 Å². The third kappa shape index (κ3) is 4.89. The Balaban J connectivity index is 1.66. The van der Waals surface area contributed by atoms with Gasteiger partial charge in [-0.1, -0.05) is 61.9 Å². The fourth-order valence-electron chi connectivity index (χ4n) is 4.14. The minimum atomic E-state index is -1.36. The quantitative estimate of drug-likeness (QED) is 0.240. The zero-order chi connectivity index (χ0) is 24.2. The number of halogens is 5. The topological polar surface area (TPSA) is 0 Å². The molecule has 0 unspecified atom stereocenters. The van der Waals surface area contributed by atoms with Crippen molar-refractivity contribution < 1.29 is 22.0 Å². The van der Waals surface area contributed by atoms with Gasteiger partial charge in [0.15, 0.2) is 11.6 Å². The van der Waals surface area contributed by atoms with Crippen molar-refractivity contribution in [3.63, 3.8) is 0 Å². The van der Waals surface area contributed by atoms with Gasteiger partial charge >= 0.3 is 0 Å². The highest BCUT2D eigenvalue weighted by Crippen LogP contribution is 2.39. The zero-order valence-electron chi connectivity index (χ0n) is 18.6. The van der Waals surface area contributed by atoms with E-state index in [0.29, 0.717) is 18.4 Å². The Bertz CT molecular complexity index is 1290. The van der Waals surface area contributed by atoms with Gasteiger partial charge in [-0.15, -0.1) is 0 Å². The van der Waals surface area contributed by atoms with Crippen LogP contribution in [0.15, 0.2) is 72.8 Å². The van der Waals surface area contributed by atoms with Crippen LogP contribution in [0.25, 0.3) is 22.3 Å². The number of aryl methyl sites for hydroxylation is 3. The Hall–Kier alpha value is -3.47. The molecule has 0 nitrogen and oxygen atoms in total. The molecule has 4 aromatic rings. The van der Waals surface area contributed by atoms with E-state index < -0.39 is 40.2 Å². The van der Waals surface area contributed by atoms with Crippen LogP contribution in [-0.2, 0) is 19.3 Å². The summed E-state index contributed by atoms with van der Waals surface area (Å²) in [7, 11) is 0. The minimum Gasteiger partial charge on any atom is -0.206 e. The van der Waals surface area contributed by atoms with Crippen LogP contribution in [0, 0.1) is 29.1 Å². The summed E-state index contributed by atoms with van der Waals surface area (Å²) in [4.78, 5) is 0. The molecule has 0 atom stereocenters. The highest BCUT2D eigenvalue weighted by molar-refractivity contribution is 5.84. The lowest BCUT2D eigenvalue weighted by Crippen LogP contribution is -2.00. The van der Waals surface area contributed by atoms with Gasteiger partial charge in [-0.25, -0.2) is 22.0 Å². The minimum absolute atomic E-state index is 0.256. The van der Waals surface area contributed by atoms with Crippen molar-refractivity contribution in [1.29, 1.82) is 0 Å². The number of hydrogen-bond donors (Lipinski definition) is 0. The largest absolute Gasteiger partial charge is 0.206 e. The summed E-state index contributed by atoms with van der Waals surface area (Å²) in [5, 5.41) is 0. The van der Waals surface area contributed by atoms with E-state index in [1.165, 1.54) is 23.8 Å². The summed E-state index contributed by atoms with van der Waals surface area (Å²) in [6.07, 6.45) is 3.32. The van der Waals surface area contributed by atoms with Gasteiger partial charge in [0, 0.05) is 11.1 Å². The number of rotatable bonds is 7. The zero-order valence-corrected chi connectivity index (χ0v) is 18.6. The average molecular weight is 466 g/mol. The first-order valence-electron chi connectivity index (χ1n) is 11.2. The Labute approximate surface area is 195 Å². The van der Waals surface area contributed by atoms with Crippen molar-refractivity contribution in [2.24, 2.45) is 0 Å². The van der Waals surface area contributed by atoms with Crippen LogP contribution in [-0.4, -0.2) is 0 Å². The Morgan fingerprint density at radius 1 is 0.500 bits per heavy atom. The predicted molar refractivity (Wildman–Crippen MR) is 125 cm³/mol. The fraction of sp³-hybridized carbons (Fsp3) is 0.172. The van der Waals surface area contributed by atoms with Gasteiger partial charge in [0.2, 0.25) is 0 Å². The molecule has 0 bridgehead atoms. The molecule has 0 aliphatic rings. The highest BCUT2D eigenvalue weighted by atomic mass is 19.2. The third-order valence-corrected chi connectivity index (χ3v) is 5.89. The number of hydrogen-bond acceptors (Lipinski definition) is 0. The molecule has 0 aliphatic carbocycles. The van der Waals surface area contributed by atoms with Crippen LogP contribution in [0.2, 0.25) is 0 Å². The summed E-state index contributed by atoms with van der Waals surface area (Å²) in [6, 6.07) is 17.5. The molecule has 0 amide bonds. The van der Waals surface area contributed by atoms with Gasteiger partial charge in [0.25, 0.3) is 0 Å². The lowest BCUT2D eigenvalue weighted by atomic mass is 9.91. The molecule has 0 radical (unpaired) electrons. The SMILES string of the molecule is CCCc1ccc(CCc2ccc(-c3c(-c4c(F)cccc4F)ccc(F)c3F)c(F)c2)cc1. The first kappa shape index (κ1) is 23.7. The van der Waals surface area contributed by atoms with Gasteiger partial charge in [0.05, 0.1) is 5.56 Å². The molecular weight excluding hydrogens is 443 g/mol. The van der Waals surface area contributed by atoms with Crippen LogP contribution in [0.3, 0.4) is 0 Å². The molecule has 0 aliphatic heterocycles. The van der Waals surface area contributed by atoms with Crippen molar-refractivity contribution >= 4 is 0 Å². The van der Waals surface area contributed by atoms with Gasteiger partial charge in [0.1, 0.15) is 17.5 Å². The molecule has 0 saturated carbocycles. The van der Waals surface area contributed by atoms with Crippen molar-refractivity contribution in [2.75, 3.05) is 0 Å². The Morgan fingerprint density at radius 3 is 1.68 bits per heavy atom. The first-order chi connectivity index (χ1) is 16.4. The molecule has 0 fully saturated rings. The van der Waals surface area contributed by atoms with Gasteiger partial charge in [-0.3, -0.25) is 0 Å². The summed E-state index contributed by atoms with van der Waals surface area (Å²) in [5.74, 6) is -5.29. The van der Waals surface area contributed by atoms with E-state index in [1.807, 2.05) is 12.1 Å². The molecule has 0 saturated heterocycles. The molecule has 0 aromatic heterocycles. The monoisotopic (exact) mass is 466 g/mol. The van der Waals surface area contributed by atoms with E-state index in [2.05, 4.69) is 19.1 Å². The second-order valence-corrected chi connectivity index (χ2v) is 8.26. The fourth-order valence-corrected chi connectivity index (χ4v) is 4.14. The van der Waals surface area contributed by atoms with Crippen molar-refractivity contribution in [3.05, 3.63) is 119 Å². The molecule has 4 aromatic carbocycles. The molecular formula is C29H23F5. The molecule has 174 valence electrons. The summed E-state index contributed by atoms with van der Waals surface area (Å²) in [5.41, 5.74) is 1.48. The van der Waals surface area contributed by atoms with Crippen LogP contribution < -0.4 is 0 Å². The maximum atomic E-state index is 15.1. The molecule has 0 spiro atoms. The second kappa shape index (κ2) is 10.2. The predicted octanol–water partition coefficient (Wildman–Crippen LogP) is 8.45. The normalized spacial score (nSPS) is 11.1. The van der Waals surface area contributed by atoms with Crippen molar-refractivity contribution in [3.8, 4) is 22.3 Å². The molecule has 0 N–H and O–H groups in total. The third-order valence-electron chi connectivity index (χ3n) is 5.89. The van der Waals surface area contributed by atoms with Gasteiger partial charge in [-0.05, 0) is 65.8 Å². The highest BCUT2D eigenvalue weighted by Gasteiger charge is 2.23. The van der Waals surface area contributed by atoms with Gasteiger partial charge in [-0.2, -0.15) is 0 Å². The van der Waals surface area contributed by atoms with Crippen LogP contribution in [0.1, 0.15) is 30.0 Å². The lowest BCUT2D eigenvalue weighted by Gasteiger charge is -2.15. The standard InChI is InChI=1S/C29H23F5/c1-2-4-18-7-9-19(10-8-18)11-12-20-13-14-21(26(33)17-20)27-22(15-16-25(32)29(27)34)28-23(30)5-3-6-24(28)31/h3,5-10,13-17H,2,4,11-12H2,1H3. The Kier molecular flexibility index (Phi) is 7.11. The summed E-state index contributed by atoms with van der Waals surface area (Å²) < 4.78 is 72.9. The van der Waals surface area contributed by atoms with E-state index in [0.717, 1.165) is 42.7 Å². The summed E-state index contributed by atoms with van der Waals surface area (Å²) in [6.45, 7) is 2.12. The van der Waals surface area contributed by atoms with E-state index >= 15 is 4.39 Å². The van der Waals surface area contributed by atoms with Crippen LogP contribution in [0.5, 0.6) is 0 Å². The van der Waals surface area contributed by atoms with Crippen molar-refractivity contribution in [1.82, 2.24) is 0 Å². The van der Waals surface area contributed by atoms with E-state index in [-0.39, 0.29) is 11.1 Å². The maximum Gasteiger partial charge on any atom is 0.167 e. The molecule has 34 heavy (non-hydrogen) atoms. The molecule has 5 heteroatoms. The first-order valence-corrected chi connectivity index (χ1v) is 11.2. The van der Waals surface area contributed by atoms with E-state index in [4.69, 9.17) is 0 Å². The molecule has 4 rings (SSSR count). The van der Waals surface area contributed by atoms with Gasteiger partial charge < -0.3 is 0 Å². The van der Waals surface area contributed by atoms with Crippen molar-refractivity contribution in [2.45, 2.75) is 32.6 Å².